The van der Waals surface area contributed by atoms with Crippen molar-refractivity contribution in [2.45, 2.75) is 32.3 Å². The Bertz CT molecular complexity index is 639. The number of hydrogen-bond acceptors (Lipinski definition) is 2. The zero-order valence-electron chi connectivity index (χ0n) is 14.2. The maximum atomic E-state index is 11.3. The van der Waals surface area contributed by atoms with Crippen LogP contribution in [0.25, 0.3) is 0 Å². The van der Waals surface area contributed by atoms with Gasteiger partial charge in [0.2, 0.25) is 0 Å². The minimum absolute atomic E-state index is 0.244. The Morgan fingerprint density at radius 2 is 1.78 bits per heavy atom. The number of likely N-dealkylation sites (tertiary alicyclic amines) is 1. The molecule has 2 unspecified atom stereocenters. The second kappa shape index (κ2) is 6.86. The molecule has 0 spiro atoms. The van der Waals surface area contributed by atoms with Gasteiger partial charge < -0.3 is 10.0 Å². The summed E-state index contributed by atoms with van der Waals surface area (Å²) in [6, 6.07) is 18.9. The second-order valence-corrected chi connectivity index (χ2v) is 6.93. The number of aliphatic hydroxyl groups is 1. The molecule has 0 aromatic heterocycles. The third-order valence-electron chi connectivity index (χ3n) is 5.33. The lowest BCUT2D eigenvalue weighted by Crippen LogP contribution is -2.49. The third kappa shape index (κ3) is 3.49. The Balaban J connectivity index is 1.64. The van der Waals surface area contributed by atoms with E-state index in [0.717, 1.165) is 38.0 Å². The van der Waals surface area contributed by atoms with E-state index in [1.54, 1.807) is 0 Å². The highest BCUT2D eigenvalue weighted by molar-refractivity contribution is 5.32. The summed E-state index contributed by atoms with van der Waals surface area (Å²) in [6.45, 7) is 7.26. The molecule has 0 aliphatic carbocycles. The number of rotatable bonds is 4. The highest BCUT2D eigenvalue weighted by atomic mass is 16.3. The van der Waals surface area contributed by atoms with Crippen LogP contribution in [-0.2, 0) is 12.0 Å². The summed E-state index contributed by atoms with van der Waals surface area (Å²) < 4.78 is 0. The van der Waals surface area contributed by atoms with Gasteiger partial charge in [-0.25, -0.2) is 0 Å². The van der Waals surface area contributed by atoms with Crippen molar-refractivity contribution in [3.63, 3.8) is 0 Å². The van der Waals surface area contributed by atoms with Crippen LogP contribution in [0.3, 0.4) is 0 Å². The molecule has 0 bridgehead atoms. The monoisotopic (exact) mass is 309 g/mol. The van der Waals surface area contributed by atoms with Gasteiger partial charge in [0.25, 0.3) is 0 Å². The molecule has 3 rings (SSSR count). The molecule has 1 heterocycles. The highest BCUT2D eigenvalue weighted by Crippen LogP contribution is 2.38. The predicted octanol–water partition coefficient (Wildman–Crippen LogP) is 3.77. The molecule has 2 aromatic carbocycles. The summed E-state index contributed by atoms with van der Waals surface area (Å²) in [7, 11) is 0. The fraction of sp³-hybridized carbons (Fsp3) is 0.429. The summed E-state index contributed by atoms with van der Waals surface area (Å²) >= 11 is 0. The van der Waals surface area contributed by atoms with Crippen molar-refractivity contribution >= 4 is 0 Å². The molecule has 1 aliphatic rings. The summed E-state index contributed by atoms with van der Waals surface area (Å²) in [4.78, 5) is 2.49. The molecule has 2 atom stereocenters. The molecule has 1 N–H and O–H groups in total. The second-order valence-electron chi connectivity index (χ2n) is 6.93. The zero-order valence-corrected chi connectivity index (χ0v) is 14.2. The van der Waals surface area contributed by atoms with Gasteiger partial charge in [0.05, 0.1) is 5.60 Å². The molecule has 0 saturated carbocycles. The first-order chi connectivity index (χ1) is 11.1. The van der Waals surface area contributed by atoms with Crippen molar-refractivity contribution in [1.82, 2.24) is 4.90 Å². The fourth-order valence-corrected chi connectivity index (χ4v) is 3.80. The van der Waals surface area contributed by atoms with Crippen molar-refractivity contribution in [1.29, 1.82) is 0 Å². The first-order valence-corrected chi connectivity index (χ1v) is 8.64. The topological polar surface area (TPSA) is 23.5 Å². The summed E-state index contributed by atoms with van der Waals surface area (Å²) in [5.41, 5.74) is 3.00. The van der Waals surface area contributed by atoms with Crippen LogP contribution >= 0.6 is 0 Å². The van der Waals surface area contributed by atoms with Gasteiger partial charge in [-0.05, 0) is 36.5 Å². The minimum atomic E-state index is -0.686. The average molecular weight is 309 g/mol. The molecule has 0 amide bonds. The van der Waals surface area contributed by atoms with Crippen LogP contribution < -0.4 is 0 Å². The van der Waals surface area contributed by atoms with E-state index in [1.807, 2.05) is 12.1 Å². The van der Waals surface area contributed by atoms with Crippen LogP contribution in [0.4, 0.5) is 0 Å². The lowest BCUT2D eigenvalue weighted by molar-refractivity contribution is -0.0711. The van der Waals surface area contributed by atoms with E-state index in [-0.39, 0.29) is 5.92 Å². The Labute approximate surface area is 139 Å². The lowest BCUT2D eigenvalue weighted by atomic mass is 9.75. The lowest BCUT2D eigenvalue weighted by Gasteiger charge is -2.44. The minimum Gasteiger partial charge on any atom is -0.385 e. The molecular formula is C21H27NO. The number of benzene rings is 2. The van der Waals surface area contributed by atoms with E-state index in [2.05, 4.69) is 61.2 Å². The van der Waals surface area contributed by atoms with Gasteiger partial charge in [0.15, 0.2) is 0 Å². The number of hydrogen-bond donors (Lipinski definition) is 1. The first kappa shape index (κ1) is 16.2. The van der Waals surface area contributed by atoms with E-state index in [0.29, 0.717) is 0 Å². The Hall–Kier alpha value is -1.64. The maximum absolute atomic E-state index is 11.3. The molecule has 2 nitrogen and oxygen atoms in total. The molecule has 2 heteroatoms. The number of piperidine rings is 1. The van der Waals surface area contributed by atoms with Gasteiger partial charge >= 0.3 is 0 Å². The van der Waals surface area contributed by atoms with Gasteiger partial charge in [-0.3, -0.25) is 0 Å². The molecule has 23 heavy (non-hydrogen) atoms. The zero-order chi connectivity index (χ0) is 16.3. The molecule has 1 fully saturated rings. The van der Waals surface area contributed by atoms with E-state index in [1.165, 1.54) is 11.1 Å². The Kier molecular flexibility index (Phi) is 4.84. The van der Waals surface area contributed by atoms with Gasteiger partial charge in [0, 0.05) is 25.6 Å². The van der Waals surface area contributed by atoms with Crippen LogP contribution in [0.2, 0.25) is 0 Å². The standard InChI is InChI=1S/C21H27NO/c1-17-8-6-7-11-20(17)21(23)13-15-22(16-18(21)2)14-12-19-9-4-3-5-10-19/h3-11,18,23H,12-16H2,1-2H3. The van der Waals surface area contributed by atoms with Gasteiger partial charge in [-0.2, -0.15) is 0 Å². The summed E-state index contributed by atoms with van der Waals surface area (Å²) in [5.74, 6) is 0.244. The third-order valence-corrected chi connectivity index (χ3v) is 5.33. The SMILES string of the molecule is Cc1ccccc1C1(O)CCN(CCc2ccccc2)CC1C. The first-order valence-electron chi connectivity index (χ1n) is 8.64. The van der Waals surface area contributed by atoms with Crippen LogP contribution in [-0.4, -0.2) is 29.6 Å². The van der Waals surface area contributed by atoms with Crippen LogP contribution in [0.5, 0.6) is 0 Å². The van der Waals surface area contributed by atoms with E-state index < -0.39 is 5.60 Å². The summed E-state index contributed by atoms with van der Waals surface area (Å²) in [5, 5.41) is 11.3. The number of nitrogens with zero attached hydrogens (tertiary/aromatic N) is 1. The van der Waals surface area contributed by atoms with Gasteiger partial charge in [-0.1, -0.05) is 61.5 Å². The van der Waals surface area contributed by atoms with E-state index in [4.69, 9.17) is 0 Å². The molecule has 2 aromatic rings. The normalized spacial score (nSPS) is 25.4. The molecule has 1 aliphatic heterocycles. The Morgan fingerprint density at radius 3 is 2.48 bits per heavy atom. The number of aryl methyl sites for hydroxylation is 1. The molecule has 122 valence electrons. The highest BCUT2D eigenvalue weighted by Gasteiger charge is 2.40. The Morgan fingerprint density at radius 1 is 1.09 bits per heavy atom. The quantitative estimate of drug-likeness (QED) is 0.929. The molecular weight excluding hydrogens is 282 g/mol. The largest absolute Gasteiger partial charge is 0.385 e. The average Bonchev–Trinajstić information content (AvgIpc) is 2.57. The van der Waals surface area contributed by atoms with Gasteiger partial charge in [0.1, 0.15) is 0 Å². The van der Waals surface area contributed by atoms with Gasteiger partial charge in [-0.15, -0.1) is 0 Å². The van der Waals surface area contributed by atoms with Crippen molar-refractivity contribution in [3.8, 4) is 0 Å². The van der Waals surface area contributed by atoms with Crippen molar-refractivity contribution in [2.24, 2.45) is 5.92 Å². The maximum Gasteiger partial charge on any atom is 0.0948 e. The van der Waals surface area contributed by atoms with Crippen LogP contribution in [0.15, 0.2) is 54.6 Å². The van der Waals surface area contributed by atoms with Crippen LogP contribution in [0.1, 0.15) is 30.0 Å². The van der Waals surface area contributed by atoms with E-state index >= 15 is 0 Å². The van der Waals surface area contributed by atoms with Crippen LogP contribution in [0, 0.1) is 12.8 Å². The van der Waals surface area contributed by atoms with Crippen molar-refractivity contribution in [2.75, 3.05) is 19.6 Å². The van der Waals surface area contributed by atoms with Crippen molar-refractivity contribution in [3.05, 3.63) is 71.3 Å². The molecule has 0 radical (unpaired) electrons. The van der Waals surface area contributed by atoms with E-state index in [9.17, 15) is 5.11 Å². The van der Waals surface area contributed by atoms with Crippen molar-refractivity contribution < 1.29 is 5.11 Å². The fourth-order valence-electron chi connectivity index (χ4n) is 3.80. The smallest absolute Gasteiger partial charge is 0.0948 e. The molecule has 1 saturated heterocycles. The predicted molar refractivity (Wildman–Crippen MR) is 95.4 cm³/mol. The summed E-state index contributed by atoms with van der Waals surface area (Å²) in [6.07, 6.45) is 1.89.